The fraction of sp³-hybridized carbons (Fsp3) is 0.545. The molecular weight excluding hydrogens is 352 g/mol. The second kappa shape index (κ2) is 6.92. The predicted octanol–water partition coefficient (Wildman–Crippen LogP) is 3.19. The van der Waals surface area contributed by atoms with Gasteiger partial charge in [-0.2, -0.15) is 0 Å². The number of methoxy groups -OCH3 is 1. The first kappa shape index (κ1) is 17.7. The Balaban J connectivity index is 1.55. The zero-order valence-electron chi connectivity index (χ0n) is 16.7. The number of aromatic nitrogens is 2. The molecule has 2 aliphatic heterocycles. The maximum Gasteiger partial charge on any atom is 0.155 e. The van der Waals surface area contributed by atoms with Gasteiger partial charge in [0, 0.05) is 36.3 Å². The fourth-order valence-electron chi connectivity index (χ4n) is 4.89. The number of aromatic hydroxyl groups is 1. The summed E-state index contributed by atoms with van der Waals surface area (Å²) >= 11 is 0. The number of phenols is 1. The van der Waals surface area contributed by atoms with Crippen molar-refractivity contribution < 1.29 is 9.84 Å². The summed E-state index contributed by atoms with van der Waals surface area (Å²) in [6.45, 7) is 3.31. The molecule has 1 saturated heterocycles. The van der Waals surface area contributed by atoms with Gasteiger partial charge in [0.15, 0.2) is 5.82 Å². The van der Waals surface area contributed by atoms with E-state index >= 15 is 0 Å². The van der Waals surface area contributed by atoms with Gasteiger partial charge in [-0.3, -0.25) is 0 Å². The molecule has 28 heavy (non-hydrogen) atoms. The summed E-state index contributed by atoms with van der Waals surface area (Å²) in [6, 6.07) is 5.97. The summed E-state index contributed by atoms with van der Waals surface area (Å²) in [4.78, 5) is 4.91. The first-order chi connectivity index (χ1) is 13.7. The Morgan fingerprint density at radius 1 is 1.14 bits per heavy atom. The van der Waals surface area contributed by atoms with Crippen LogP contribution in [0.25, 0.3) is 11.3 Å². The molecule has 0 radical (unpaired) electrons. The lowest BCUT2D eigenvalue weighted by Gasteiger charge is -2.36. The van der Waals surface area contributed by atoms with Gasteiger partial charge in [0.25, 0.3) is 0 Å². The molecule has 2 aromatic rings. The number of rotatable bonds is 4. The van der Waals surface area contributed by atoms with Crippen LogP contribution in [0.2, 0.25) is 0 Å². The van der Waals surface area contributed by atoms with Crippen LogP contribution in [0.3, 0.4) is 0 Å². The topological polar surface area (TPSA) is 61.7 Å². The fourth-order valence-corrected chi connectivity index (χ4v) is 4.89. The highest BCUT2D eigenvalue weighted by molar-refractivity contribution is 5.75. The van der Waals surface area contributed by atoms with E-state index in [9.17, 15) is 5.11 Å². The quantitative estimate of drug-likeness (QED) is 0.879. The summed E-state index contributed by atoms with van der Waals surface area (Å²) in [6.07, 6.45) is 5.90. The Morgan fingerprint density at radius 2 is 2.00 bits per heavy atom. The Labute approximate surface area is 166 Å². The molecule has 148 valence electrons. The highest BCUT2D eigenvalue weighted by atomic mass is 16.5. The van der Waals surface area contributed by atoms with Crippen LogP contribution in [0, 0.1) is 0 Å². The van der Waals surface area contributed by atoms with Crippen LogP contribution in [-0.2, 0) is 6.42 Å². The molecule has 0 unspecified atom stereocenters. The first-order valence-corrected chi connectivity index (χ1v) is 10.4. The zero-order chi connectivity index (χ0) is 19.3. The van der Waals surface area contributed by atoms with Crippen LogP contribution in [0.4, 0.5) is 5.82 Å². The molecule has 1 aromatic carbocycles. The molecule has 0 bridgehead atoms. The molecule has 3 aliphatic rings. The minimum atomic E-state index is 0.208. The van der Waals surface area contributed by atoms with Crippen molar-refractivity contribution in [3.8, 4) is 22.8 Å². The monoisotopic (exact) mass is 380 g/mol. The summed E-state index contributed by atoms with van der Waals surface area (Å²) in [5.74, 6) is 2.49. The van der Waals surface area contributed by atoms with Gasteiger partial charge in [0.1, 0.15) is 17.2 Å². The summed E-state index contributed by atoms with van der Waals surface area (Å²) in [7, 11) is 3.82. The number of hydrogen-bond acceptors (Lipinski definition) is 6. The van der Waals surface area contributed by atoms with Crippen molar-refractivity contribution in [1.82, 2.24) is 15.1 Å². The third-order valence-electron chi connectivity index (χ3n) is 6.46. The van der Waals surface area contributed by atoms with Crippen molar-refractivity contribution in [1.29, 1.82) is 0 Å². The van der Waals surface area contributed by atoms with Gasteiger partial charge >= 0.3 is 0 Å². The normalized spacial score (nSPS) is 22.4. The molecule has 1 aliphatic carbocycles. The average molecular weight is 380 g/mol. The molecule has 0 spiro atoms. The van der Waals surface area contributed by atoms with Gasteiger partial charge in [-0.05, 0) is 69.3 Å². The van der Waals surface area contributed by atoms with Gasteiger partial charge in [-0.1, -0.05) is 0 Å². The van der Waals surface area contributed by atoms with Gasteiger partial charge in [0.05, 0.1) is 7.11 Å². The molecule has 1 atom stereocenters. The van der Waals surface area contributed by atoms with Crippen LogP contribution in [0.1, 0.15) is 42.7 Å². The standard InChI is InChI=1S/C22H28N4O2/c1-25-10-3-4-15(13-25)26-11-9-18-20(14-5-6-14)21(23-24-22(18)26)17-8-7-16(28-2)12-19(17)27/h7-8,12,14-15,27H,3-6,9-11,13H2,1-2H3/t15-/m1/s1. The Hall–Kier alpha value is -2.34. The molecule has 6 nitrogen and oxygen atoms in total. The van der Waals surface area contributed by atoms with Gasteiger partial charge in [-0.15, -0.1) is 10.2 Å². The average Bonchev–Trinajstić information content (AvgIpc) is 3.45. The van der Waals surface area contributed by atoms with Crippen molar-refractivity contribution in [3.63, 3.8) is 0 Å². The molecule has 3 heterocycles. The molecule has 0 amide bonds. The SMILES string of the molecule is COc1ccc(-c2nnc3c(c2C2CC2)CCN3[C@@H]2CCCN(C)C2)c(O)c1. The lowest BCUT2D eigenvalue weighted by Crippen LogP contribution is -2.46. The predicted molar refractivity (Wildman–Crippen MR) is 109 cm³/mol. The Morgan fingerprint density at radius 3 is 2.71 bits per heavy atom. The molecule has 2 fully saturated rings. The van der Waals surface area contributed by atoms with Crippen LogP contribution in [-0.4, -0.2) is 60.0 Å². The second-order valence-corrected chi connectivity index (χ2v) is 8.42. The highest BCUT2D eigenvalue weighted by Crippen LogP contribution is 2.49. The number of hydrogen-bond donors (Lipinski definition) is 1. The van der Waals surface area contributed by atoms with E-state index in [-0.39, 0.29) is 5.75 Å². The maximum atomic E-state index is 10.6. The van der Waals surface area contributed by atoms with E-state index in [0.29, 0.717) is 17.7 Å². The summed E-state index contributed by atoms with van der Waals surface area (Å²) in [5, 5.41) is 19.9. The van der Waals surface area contributed by atoms with E-state index in [1.165, 1.54) is 43.4 Å². The van der Waals surface area contributed by atoms with Crippen molar-refractivity contribution in [2.75, 3.05) is 38.7 Å². The number of benzene rings is 1. The number of phenolic OH excluding ortho intramolecular Hbond substituents is 1. The lowest BCUT2D eigenvalue weighted by atomic mass is 9.96. The number of ether oxygens (including phenoxy) is 1. The van der Waals surface area contributed by atoms with Crippen molar-refractivity contribution in [2.45, 2.75) is 44.1 Å². The van der Waals surface area contributed by atoms with E-state index in [1.54, 1.807) is 13.2 Å². The van der Waals surface area contributed by atoms with E-state index < -0.39 is 0 Å². The molecule has 1 N–H and O–H groups in total. The highest BCUT2D eigenvalue weighted by Gasteiger charge is 2.38. The molecule has 5 rings (SSSR count). The number of fused-ring (bicyclic) bond motifs is 1. The number of likely N-dealkylation sites (tertiary alicyclic amines) is 1. The zero-order valence-corrected chi connectivity index (χ0v) is 16.7. The number of anilines is 1. The maximum absolute atomic E-state index is 10.6. The van der Waals surface area contributed by atoms with Crippen LogP contribution < -0.4 is 9.64 Å². The minimum absolute atomic E-state index is 0.208. The van der Waals surface area contributed by atoms with Gasteiger partial charge in [-0.25, -0.2) is 0 Å². The summed E-state index contributed by atoms with van der Waals surface area (Å²) in [5.41, 5.74) is 4.28. The molecule has 6 heteroatoms. The largest absolute Gasteiger partial charge is 0.507 e. The second-order valence-electron chi connectivity index (χ2n) is 8.42. The van der Waals surface area contributed by atoms with Crippen LogP contribution in [0.15, 0.2) is 18.2 Å². The number of likely N-dealkylation sites (N-methyl/N-ethyl adjacent to an activating group) is 1. The third kappa shape index (κ3) is 3.00. The van der Waals surface area contributed by atoms with Crippen molar-refractivity contribution >= 4 is 5.82 Å². The van der Waals surface area contributed by atoms with E-state index in [4.69, 9.17) is 4.74 Å². The van der Waals surface area contributed by atoms with Crippen LogP contribution in [0.5, 0.6) is 11.5 Å². The number of piperidine rings is 1. The van der Waals surface area contributed by atoms with E-state index in [2.05, 4.69) is 27.0 Å². The Bertz CT molecular complexity index is 896. The summed E-state index contributed by atoms with van der Waals surface area (Å²) < 4.78 is 5.23. The van der Waals surface area contributed by atoms with E-state index in [0.717, 1.165) is 36.6 Å². The molecular formula is C22H28N4O2. The van der Waals surface area contributed by atoms with Gasteiger partial charge < -0.3 is 19.6 Å². The smallest absolute Gasteiger partial charge is 0.155 e. The Kier molecular flexibility index (Phi) is 4.38. The minimum Gasteiger partial charge on any atom is -0.507 e. The number of nitrogens with zero attached hydrogens (tertiary/aromatic N) is 4. The first-order valence-electron chi connectivity index (χ1n) is 10.4. The van der Waals surface area contributed by atoms with E-state index in [1.807, 2.05) is 12.1 Å². The van der Waals surface area contributed by atoms with Crippen molar-refractivity contribution in [3.05, 3.63) is 29.3 Å². The van der Waals surface area contributed by atoms with Crippen LogP contribution >= 0.6 is 0 Å². The molecule has 1 saturated carbocycles. The van der Waals surface area contributed by atoms with Gasteiger partial charge in [0.2, 0.25) is 0 Å². The lowest BCUT2D eigenvalue weighted by molar-refractivity contribution is 0.245. The molecule has 1 aromatic heterocycles. The third-order valence-corrected chi connectivity index (χ3v) is 6.46. The van der Waals surface area contributed by atoms with Crippen molar-refractivity contribution in [2.24, 2.45) is 0 Å².